The molecule has 0 heterocycles. The number of amides is 1. The molecule has 0 bridgehead atoms. The molecule has 200 valence electrons. The van der Waals surface area contributed by atoms with Crippen LogP contribution >= 0.6 is 11.8 Å². The maximum absolute atomic E-state index is 12.7. The molecular formula is C28H41NO6S. The molecule has 0 aromatic rings. The number of rotatable bonds is 9. The second-order valence-corrected chi connectivity index (χ2v) is 12.8. The Labute approximate surface area is 218 Å². The van der Waals surface area contributed by atoms with E-state index in [1.165, 1.54) is 17.3 Å². The fraction of sp³-hybridized carbons (Fsp3) is 0.786. The van der Waals surface area contributed by atoms with Gasteiger partial charge in [-0.3, -0.25) is 14.4 Å². The van der Waals surface area contributed by atoms with Crippen molar-refractivity contribution in [3.05, 3.63) is 11.6 Å². The highest BCUT2D eigenvalue weighted by molar-refractivity contribution is 7.98. The zero-order chi connectivity index (χ0) is 26.1. The third kappa shape index (κ3) is 5.25. The van der Waals surface area contributed by atoms with Crippen LogP contribution in [0.1, 0.15) is 84.5 Å². The van der Waals surface area contributed by atoms with Gasteiger partial charge in [0.15, 0.2) is 5.78 Å². The largest absolute Gasteiger partial charge is 0.480 e. The highest BCUT2D eigenvalue weighted by Crippen LogP contribution is 2.65. The Balaban J connectivity index is 1.32. The Morgan fingerprint density at radius 3 is 2.61 bits per heavy atom. The van der Waals surface area contributed by atoms with Gasteiger partial charge in [0.25, 0.3) is 0 Å². The van der Waals surface area contributed by atoms with Crippen molar-refractivity contribution in [1.29, 1.82) is 0 Å². The van der Waals surface area contributed by atoms with Gasteiger partial charge in [0.2, 0.25) is 5.91 Å². The Morgan fingerprint density at radius 2 is 1.89 bits per heavy atom. The summed E-state index contributed by atoms with van der Waals surface area (Å²) >= 11 is 1.53. The first-order valence-corrected chi connectivity index (χ1v) is 14.9. The molecule has 0 saturated heterocycles. The summed E-state index contributed by atoms with van der Waals surface area (Å²) < 4.78 is 5.98. The SMILES string of the molecule is CSCC[C@H](NC(=O)CCC(=O)O[C@@H]1CC[C@@H]2[C@@H]3CCC4=CC(=O)CC[C@]4(C)[C@H]3CC[C@@]21C)C(=O)O. The zero-order valence-electron chi connectivity index (χ0n) is 21.8. The van der Waals surface area contributed by atoms with E-state index in [0.717, 1.165) is 44.9 Å². The number of aliphatic carboxylic acids is 1. The molecule has 4 aliphatic rings. The molecule has 7 nitrogen and oxygen atoms in total. The van der Waals surface area contributed by atoms with Crippen molar-refractivity contribution >= 4 is 35.4 Å². The molecule has 0 aliphatic heterocycles. The molecule has 3 fully saturated rings. The Hall–Kier alpha value is -1.83. The first-order chi connectivity index (χ1) is 17.1. The lowest BCUT2D eigenvalue weighted by Gasteiger charge is -2.57. The summed E-state index contributed by atoms with van der Waals surface area (Å²) in [5.74, 6) is 0.765. The second kappa shape index (κ2) is 10.9. The summed E-state index contributed by atoms with van der Waals surface area (Å²) in [4.78, 5) is 48.4. The summed E-state index contributed by atoms with van der Waals surface area (Å²) in [5, 5.41) is 11.8. The molecule has 0 radical (unpaired) electrons. The van der Waals surface area contributed by atoms with Crippen LogP contribution in [0.4, 0.5) is 0 Å². The topological polar surface area (TPSA) is 110 Å². The van der Waals surface area contributed by atoms with Gasteiger partial charge in [0.05, 0.1) is 6.42 Å². The van der Waals surface area contributed by atoms with Crippen LogP contribution in [0.2, 0.25) is 0 Å². The normalized spacial score (nSPS) is 36.1. The fourth-order valence-electron chi connectivity index (χ4n) is 7.90. The van der Waals surface area contributed by atoms with Gasteiger partial charge in [-0.25, -0.2) is 4.79 Å². The minimum atomic E-state index is -1.06. The maximum Gasteiger partial charge on any atom is 0.326 e. The number of hydrogen-bond donors (Lipinski definition) is 2. The Bertz CT molecular complexity index is 933. The number of fused-ring (bicyclic) bond motifs is 5. The number of carbonyl (C=O) groups excluding carboxylic acids is 3. The molecule has 0 aromatic carbocycles. The van der Waals surface area contributed by atoms with Crippen LogP contribution in [0.3, 0.4) is 0 Å². The number of carbonyl (C=O) groups is 4. The number of carboxylic acids is 1. The monoisotopic (exact) mass is 519 g/mol. The number of nitrogens with one attached hydrogen (secondary N) is 1. The van der Waals surface area contributed by atoms with Crippen molar-refractivity contribution in [2.75, 3.05) is 12.0 Å². The molecule has 0 spiro atoms. The number of esters is 1. The van der Waals surface area contributed by atoms with Crippen LogP contribution < -0.4 is 5.32 Å². The lowest BCUT2D eigenvalue weighted by molar-refractivity contribution is -0.160. The standard InChI is InChI=1S/C28H41NO6S/c1-27-13-10-18(30)16-17(27)4-5-19-20-6-7-23(28(20,2)14-11-21(19)27)35-25(32)9-8-24(31)29-22(26(33)34)12-15-36-3/h16,19-23H,4-15H2,1-3H3,(H,29,31)(H,33,34)/t19-,20+,21-,22-,23+,27-,28-/m0/s1. The summed E-state index contributed by atoms with van der Waals surface area (Å²) in [7, 11) is 0. The van der Waals surface area contributed by atoms with Crippen molar-refractivity contribution in [3.63, 3.8) is 0 Å². The third-order valence-corrected chi connectivity index (χ3v) is 10.6. The second-order valence-electron chi connectivity index (χ2n) is 11.8. The molecule has 4 aliphatic carbocycles. The van der Waals surface area contributed by atoms with Gasteiger partial charge in [-0.2, -0.15) is 11.8 Å². The molecule has 36 heavy (non-hydrogen) atoms. The van der Waals surface area contributed by atoms with E-state index in [4.69, 9.17) is 4.74 Å². The molecule has 0 aromatic heterocycles. The summed E-state index contributed by atoms with van der Waals surface area (Å²) in [6.45, 7) is 4.66. The van der Waals surface area contributed by atoms with E-state index in [0.29, 0.717) is 36.3 Å². The Kier molecular flexibility index (Phi) is 8.22. The number of carboxylic acid groups (broad SMARTS) is 1. The van der Waals surface area contributed by atoms with Gasteiger partial charge < -0.3 is 15.2 Å². The number of ketones is 1. The smallest absolute Gasteiger partial charge is 0.326 e. The quantitative estimate of drug-likeness (QED) is 0.431. The number of ether oxygens (including phenoxy) is 1. The van der Waals surface area contributed by atoms with Gasteiger partial charge >= 0.3 is 11.9 Å². The van der Waals surface area contributed by atoms with Crippen LogP contribution in [-0.4, -0.2) is 52.9 Å². The van der Waals surface area contributed by atoms with E-state index in [2.05, 4.69) is 19.2 Å². The Morgan fingerprint density at radius 1 is 1.11 bits per heavy atom. The predicted molar refractivity (Wildman–Crippen MR) is 138 cm³/mol. The van der Waals surface area contributed by atoms with E-state index < -0.39 is 17.9 Å². The number of allylic oxidation sites excluding steroid dienone is 1. The highest BCUT2D eigenvalue weighted by Gasteiger charge is 2.59. The molecule has 0 unspecified atom stereocenters. The van der Waals surface area contributed by atoms with E-state index in [1.807, 2.05) is 12.3 Å². The van der Waals surface area contributed by atoms with Crippen molar-refractivity contribution in [2.45, 2.75) is 96.6 Å². The molecule has 1 amide bonds. The average Bonchev–Trinajstić information content (AvgIpc) is 3.16. The van der Waals surface area contributed by atoms with Crippen molar-refractivity contribution in [1.82, 2.24) is 5.32 Å². The van der Waals surface area contributed by atoms with Crippen LogP contribution in [0.25, 0.3) is 0 Å². The van der Waals surface area contributed by atoms with Crippen molar-refractivity contribution in [2.24, 2.45) is 28.6 Å². The first-order valence-electron chi connectivity index (χ1n) is 13.5. The predicted octanol–water partition coefficient (Wildman–Crippen LogP) is 4.53. The van der Waals surface area contributed by atoms with Crippen LogP contribution in [0.15, 0.2) is 11.6 Å². The molecule has 7 atom stereocenters. The molecule has 4 rings (SSSR count). The fourth-order valence-corrected chi connectivity index (χ4v) is 8.37. The van der Waals surface area contributed by atoms with Gasteiger partial charge in [-0.1, -0.05) is 19.4 Å². The van der Waals surface area contributed by atoms with Gasteiger partial charge in [-0.05, 0) is 92.6 Å². The summed E-state index contributed by atoms with van der Waals surface area (Å²) in [5.41, 5.74) is 1.44. The van der Waals surface area contributed by atoms with Crippen LogP contribution in [0, 0.1) is 28.6 Å². The van der Waals surface area contributed by atoms with Crippen LogP contribution in [0.5, 0.6) is 0 Å². The van der Waals surface area contributed by atoms with Gasteiger partial charge in [0, 0.05) is 18.3 Å². The molecule has 3 saturated carbocycles. The number of hydrogen-bond acceptors (Lipinski definition) is 6. The van der Waals surface area contributed by atoms with Crippen molar-refractivity contribution in [3.8, 4) is 0 Å². The minimum Gasteiger partial charge on any atom is -0.480 e. The van der Waals surface area contributed by atoms with E-state index in [9.17, 15) is 24.3 Å². The zero-order valence-corrected chi connectivity index (χ0v) is 22.7. The summed E-state index contributed by atoms with van der Waals surface area (Å²) in [6, 6.07) is -0.930. The average molecular weight is 520 g/mol. The number of thioether (sulfide) groups is 1. The molecule has 2 N–H and O–H groups in total. The van der Waals surface area contributed by atoms with E-state index >= 15 is 0 Å². The minimum absolute atomic E-state index is 0.0374. The van der Waals surface area contributed by atoms with Crippen molar-refractivity contribution < 1.29 is 29.0 Å². The highest BCUT2D eigenvalue weighted by atomic mass is 32.2. The lowest BCUT2D eigenvalue weighted by Crippen LogP contribution is -2.51. The molecule has 8 heteroatoms. The van der Waals surface area contributed by atoms with E-state index in [-0.39, 0.29) is 41.5 Å². The first kappa shape index (κ1) is 27.2. The maximum atomic E-state index is 12.7. The van der Waals surface area contributed by atoms with Crippen LogP contribution in [-0.2, 0) is 23.9 Å². The van der Waals surface area contributed by atoms with E-state index in [1.54, 1.807) is 0 Å². The third-order valence-electron chi connectivity index (χ3n) is 9.95. The van der Waals surface area contributed by atoms with Gasteiger partial charge in [-0.15, -0.1) is 0 Å². The molecular weight excluding hydrogens is 478 g/mol. The lowest BCUT2D eigenvalue weighted by atomic mass is 9.47. The summed E-state index contributed by atoms with van der Waals surface area (Å²) in [6.07, 6.45) is 11.7. The van der Waals surface area contributed by atoms with Gasteiger partial charge in [0.1, 0.15) is 12.1 Å².